The van der Waals surface area contributed by atoms with E-state index in [-0.39, 0.29) is 24.2 Å². The first-order chi connectivity index (χ1) is 10.8. The largest absolute Gasteiger partial charge is 0.494 e. The van der Waals surface area contributed by atoms with Crippen molar-refractivity contribution in [1.29, 1.82) is 0 Å². The molecule has 0 atom stereocenters. The van der Waals surface area contributed by atoms with Gasteiger partial charge in [-0.05, 0) is 50.0 Å². The summed E-state index contributed by atoms with van der Waals surface area (Å²) in [5, 5.41) is 2.73. The number of carbonyl (C=O) groups is 1. The lowest BCUT2D eigenvalue weighted by molar-refractivity contribution is -0.118. The molecular formula is C17H26Cl2N2O2. The van der Waals surface area contributed by atoms with Gasteiger partial charge in [0.25, 0.3) is 0 Å². The second-order valence-corrected chi connectivity index (χ2v) is 5.94. The minimum atomic E-state index is -0.134. The first kappa shape index (κ1) is 20.1. The summed E-state index contributed by atoms with van der Waals surface area (Å²) >= 11 is 5.41. The minimum absolute atomic E-state index is 0. The molecule has 0 unspecified atom stereocenters. The molecule has 23 heavy (non-hydrogen) atoms. The Morgan fingerprint density at radius 2 is 2.04 bits per heavy atom. The van der Waals surface area contributed by atoms with Crippen LogP contribution in [0.25, 0.3) is 0 Å². The summed E-state index contributed by atoms with van der Waals surface area (Å²) in [7, 11) is 0. The Morgan fingerprint density at radius 3 is 2.78 bits per heavy atom. The molecule has 6 heteroatoms. The van der Waals surface area contributed by atoms with E-state index in [1.54, 1.807) is 0 Å². The van der Waals surface area contributed by atoms with E-state index >= 15 is 0 Å². The Hall–Kier alpha value is -0.970. The van der Waals surface area contributed by atoms with Crippen molar-refractivity contribution in [3.05, 3.63) is 29.8 Å². The number of nitrogens with zero attached hydrogens (tertiary/aromatic N) is 1. The summed E-state index contributed by atoms with van der Waals surface area (Å²) in [5.74, 6) is 0.780. The number of benzene rings is 1. The van der Waals surface area contributed by atoms with E-state index in [4.69, 9.17) is 16.3 Å². The zero-order valence-electron chi connectivity index (χ0n) is 13.4. The van der Waals surface area contributed by atoms with Gasteiger partial charge in [0.15, 0.2) is 0 Å². The van der Waals surface area contributed by atoms with Crippen LogP contribution in [0.4, 0.5) is 0 Å². The molecule has 1 heterocycles. The van der Waals surface area contributed by atoms with Crippen LogP contribution in [0.3, 0.4) is 0 Å². The molecule has 0 bridgehead atoms. The van der Waals surface area contributed by atoms with Gasteiger partial charge < -0.3 is 10.1 Å². The average Bonchev–Trinajstić information content (AvgIpc) is 2.55. The smallest absolute Gasteiger partial charge is 0.234 e. The first-order valence-electron chi connectivity index (χ1n) is 8.04. The minimum Gasteiger partial charge on any atom is -0.494 e. The number of piperidine rings is 1. The monoisotopic (exact) mass is 360 g/mol. The lowest BCUT2D eigenvalue weighted by Crippen LogP contribution is -2.29. The van der Waals surface area contributed by atoms with Gasteiger partial charge in [0.1, 0.15) is 11.6 Å². The molecule has 1 aromatic carbocycles. The molecule has 0 aliphatic carbocycles. The average molecular weight is 361 g/mol. The van der Waals surface area contributed by atoms with Crippen LogP contribution in [0.1, 0.15) is 31.2 Å². The molecule has 1 aliphatic rings. The fraction of sp³-hybridized carbons (Fsp3) is 0.588. The van der Waals surface area contributed by atoms with Gasteiger partial charge in [0.05, 0.1) is 6.61 Å². The molecule has 4 nitrogen and oxygen atoms in total. The highest BCUT2D eigenvalue weighted by Gasteiger charge is 2.10. The van der Waals surface area contributed by atoms with Gasteiger partial charge in [0, 0.05) is 13.1 Å². The number of carbonyl (C=O) groups excluding carboxylic acids is 1. The highest BCUT2D eigenvalue weighted by atomic mass is 35.5. The summed E-state index contributed by atoms with van der Waals surface area (Å²) < 4.78 is 5.75. The van der Waals surface area contributed by atoms with Crippen molar-refractivity contribution < 1.29 is 9.53 Å². The van der Waals surface area contributed by atoms with Crippen molar-refractivity contribution in [2.75, 3.05) is 32.1 Å². The topological polar surface area (TPSA) is 41.6 Å². The van der Waals surface area contributed by atoms with Crippen LogP contribution in [-0.4, -0.2) is 42.9 Å². The third kappa shape index (κ3) is 7.91. The number of alkyl halides is 1. The van der Waals surface area contributed by atoms with Crippen LogP contribution in [0.15, 0.2) is 24.3 Å². The van der Waals surface area contributed by atoms with E-state index in [0.29, 0.717) is 13.2 Å². The van der Waals surface area contributed by atoms with Crippen LogP contribution in [0, 0.1) is 0 Å². The predicted octanol–water partition coefficient (Wildman–Crippen LogP) is 3.22. The summed E-state index contributed by atoms with van der Waals surface area (Å²) in [5.41, 5.74) is 1.30. The van der Waals surface area contributed by atoms with Crippen LogP contribution >= 0.6 is 24.0 Å². The molecule has 1 aromatic rings. The standard InChI is InChI=1S/C17H25ClN2O2.ClH/c18-13-17(21)19-8-5-11-22-16-7-4-6-15(12-16)14-20-9-2-1-3-10-20;/h4,6-7,12H,1-3,5,8-11,13-14H2,(H,19,21);1H. The molecule has 0 radical (unpaired) electrons. The summed E-state index contributed by atoms with van der Waals surface area (Å²) in [6.07, 6.45) is 4.76. The molecule has 1 saturated heterocycles. The second-order valence-electron chi connectivity index (χ2n) is 5.67. The maximum atomic E-state index is 11.0. The Balaban J connectivity index is 0.00000264. The van der Waals surface area contributed by atoms with Gasteiger partial charge in [-0.1, -0.05) is 18.6 Å². The quantitative estimate of drug-likeness (QED) is 0.571. The van der Waals surface area contributed by atoms with Crippen LogP contribution < -0.4 is 10.1 Å². The third-order valence-corrected chi connectivity index (χ3v) is 4.03. The van der Waals surface area contributed by atoms with E-state index in [2.05, 4.69) is 22.3 Å². The van der Waals surface area contributed by atoms with Crippen molar-refractivity contribution in [2.24, 2.45) is 0 Å². The Bertz CT molecular complexity index is 466. The predicted molar refractivity (Wildman–Crippen MR) is 96.7 cm³/mol. The Labute approximate surface area is 149 Å². The molecule has 130 valence electrons. The third-order valence-electron chi connectivity index (χ3n) is 3.79. The fourth-order valence-electron chi connectivity index (χ4n) is 2.65. The molecule has 1 fully saturated rings. The Kier molecular flexibility index (Phi) is 10.1. The van der Waals surface area contributed by atoms with Crippen molar-refractivity contribution >= 4 is 29.9 Å². The summed E-state index contributed by atoms with van der Waals surface area (Å²) in [6, 6.07) is 8.30. The lowest BCUT2D eigenvalue weighted by Gasteiger charge is -2.26. The molecule has 2 rings (SSSR count). The molecule has 0 aromatic heterocycles. The first-order valence-corrected chi connectivity index (χ1v) is 8.58. The van der Waals surface area contributed by atoms with Gasteiger partial charge in [0.2, 0.25) is 5.91 Å². The number of rotatable bonds is 8. The summed E-state index contributed by atoms with van der Waals surface area (Å²) in [4.78, 5) is 13.5. The summed E-state index contributed by atoms with van der Waals surface area (Å²) in [6.45, 7) is 4.59. The second kappa shape index (κ2) is 11.5. The van der Waals surface area contributed by atoms with E-state index in [1.807, 2.05) is 12.1 Å². The molecule has 1 amide bonds. The van der Waals surface area contributed by atoms with Gasteiger partial charge in [-0.3, -0.25) is 9.69 Å². The number of amides is 1. The van der Waals surface area contributed by atoms with E-state index in [9.17, 15) is 4.79 Å². The number of likely N-dealkylation sites (tertiary alicyclic amines) is 1. The van der Waals surface area contributed by atoms with Crippen LogP contribution in [0.2, 0.25) is 0 Å². The molecule has 0 saturated carbocycles. The van der Waals surface area contributed by atoms with Gasteiger partial charge in [-0.25, -0.2) is 0 Å². The maximum Gasteiger partial charge on any atom is 0.234 e. The van der Waals surface area contributed by atoms with Crippen molar-refractivity contribution in [1.82, 2.24) is 10.2 Å². The zero-order valence-corrected chi connectivity index (χ0v) is 15.0. The number of ether oxygens (including phenoxy) is 1. The molecule has 1 aliphatic heterocycles. The fourth-order valence-corrected chi connectivity index (χ4v) is 2.74. The normalized spacial score (nSPS) is 14.8. The number of hydrogen-bond donors (Lipinski definition) is 1. The van der Waals surface area contributed by atoms with Gasteiger partial charge in [-0.15, -0.1) is 24.0 Å². The van der Waals surface area contributed by atoms with Crippen molar-refractivity contribution in [3.63, 3.8) is 0 Å². The van der Waals surface area contributed by atoms with E-state index < -0.39 is 0 Å². The highest BCUT2D eigenvalue weighted by molar-refractivity contribution is 6.27. The molecule has 1 N–H and O–H groups in total. The van der Waals surface area contributed by atoms with E-state index in [1.165, 1.54) is 37.9 Å². The zero-order chi connectivity index (χ0) is 15.6. The van der Waals surface area contributed by atoms with Crippen LogP contribution in [-0.2, 0) is 11.3 Å². The maximum absolute atomic E-state index is 11.0. The van der Waals surface area contributed by atoms with Gasteiger partial charge >= 0.3 is 0 Å². The van der Waals surface area contributed by atoms with Crippen molar-refractivity contribution in [2.45, 2.75) is 32.2 Å². The van der Waals surface area contributed by atoms with Gasteiger partial charge in [-0.2, -0.15) is 0 Å². The number of nitrogens with one attached hydrogen (secondary N) is 1. The molecular weight excluding hydrogens is 335 g/mol. The molecule has 0 spiro atoms. The highest BCUT2D eigenvalue weighted by Crippen LogP contribution is 2.17. The Morgan fingerprint density at radius 1 is 1.26 bits per heavy atom. The van der Waals surface area contributed by atoms with Crippen molar-refractivity contribution in [3.8, 4) is 5.75 Å². The van der Waals surface area contributed by atoms with E-state index in [0.717, 1.165) is 18.7 Å². The SMILES string of the molecule is Cl.O=C(CCl)NCCCOc1cccc(CN2CCCCC2)c1. The van der Waals surface area contributed by atoms with Crippen LogP contribution in [0.5, 0.6) is 5.75 Å². The lowest BCUT2D eigenvalue weighted by atomic mass is 10.1. The number of halogens is 2. The number of hydrogen-bond acceptors (Lipinski definition) is 3.